The fraction of sp³-hybridized carbons (Fsp3) is 0.533. The summed E-state index contributed by atoms with van der Waals surface area (Å²) in [7, 11) is -3.90. The first-order valence-electron chi connectivity index (χ1n) is 7.79. The normalized spacial score (nSPS) is 20.5. The molecule has 2 fully saturated rings. The molecule has 1 heterocycles. The van der Waals surface area contributed by atoms with Gasteiger partial charge in [-0.3, -0.25) is 4.79 Å². The molecule has 3 N–H and O–H groups in total. The highest BCUT2D eigenvalue weighted by Crippen LogP contribution is 2.25. The lowest BCUT2D eigenvalue weighted by Gasteiger charge is -2.12. The standard InChI is InChI=1S/C15H20FN3O3S.ClH/c16-13-6-5-12(18-15(20)9-11-2-1-7-17-11)8-14(13)23(21,22)19-10-3-4-10;/h5-6,8,10-11,17,19H,1-4,7,9H2,(H,18,20);1H. The molecule has 134 valence electrons. The van der Waals surface area contributed by atoms with Crippen LogP contribution in [0.25, 0.3) is 0 Å². The van der Waals surface area contributed by atoms with Gasteiger partial charge < -0.3 is 10.6 Å². The van der Waals surface area contributed by atoms with Gasteiger partial charge in [-0.05, 0) is 50.4 Å². The number of nitrogens with one attached hydrogen (secondary N) is 3. The van der Waals surface area contributed by atoms with Crippen molar-refractivity contribution in [2.75, 3.05) is 11.9 Å². The Morgan fingerprint density at radius 3 is 2.67 bits per heavy atom. The molecule has 24 heavy (non-hydrogen) atoms. The van der Waals surface area contributed by atoms with Crippen LogP contribution in [-0.2, 0) is 14.8 Å². The van der Waals surface area contributed by atoms with Gasteiger partial charge in [-0.25, -0.2) is 17.5 Å². The Morgan fingerprint density at radius 2 is 2.04 bits per heavy atom. The van der Waals surface area contributed by atoms with Crippen LogP contribution in [0, 0.1) is 5.82 Å². The molecule has 1 aliphatic heterocycles. The molecule has 0 spiro atoms. The van der Waals surface area contributed by atoms with Crippen molar-refractivity contribution in [3.05, 3.63) is 24.0 Å². The zero-order valence-corrected chi connectivity index (χ0v) is 14.7. The lowest BCUT2D eigenvalue weighted by Crippen LogP contribution is -2.28. The summed E-state index contributed by atoms with van der Waals surface area (Å²) in [6, 6.07) is 3.64. The van der Waals surface area contributed by atoms with E-state index in [1.54, 1.807) is 0 Å². The molecule has 3 rings (SSSR count). The number of rotatable bonds is 6. The van der Waals surface area contributed by atoms with E-state index < -0.39 is 20.7 Å². The van der Waals surface area contributed by atoms with Crippen LogP contribution in [0.1, 0.15) is 32.1 Å². The number of hydrogen-bond acceptors (Lipinski definition) is 4. The maximum atomic E-state index is 13.9. The van der Waals surface area contributed by atoms with Crippen LogP contribution in [0.3, 0.4) is 0 Å². The molecule has 2 aliphatic rings. The van der Waals surface area contributed by atoms with E-state index in [9.17, 15) is 17.6 Å². The van der Waals surface area contributed by atoms with Gasteiger partial charge in [0.1, 0.15) is 10.7 Å². The number of hydrogen-bond donors (Lipinski definition) is 3. The maximum Gasteiger partial charge on any atom is 0.243 e. The van der Waals surface area contributed by atoms with Crippen molar-refractivity contribution in [1.82, 2.24) is 10.0 Å². The average molecular weight is 378 g/mol. The molecule has 6 nitrogen and oxygen atoms in total. The summed E-state index contributed by atoms with van der Waals surface area (Å²) in [6.07, 6.45) is 3.85. The van der Waals surface area contributed by atoms with Crippen molar-refractivity contribution in [3.8, 4) is 0 Å². The third kappa shape index (κ3) is 4.89. The topological polar surface area (TPSA) is 87.3 Å². The van der Waals surface area contributed by atoms with E-state index in [1.165, 1.54) is 12.1 Å². The molecule has 1 amide bonds. The number of halogens is 2. The summed E-state index contributed by atoms with van der Waals surface area (Å²) in [5, 5.41) is 5.86. The molecule has 0 bridgehead atoms. The molecule has 1 aromatic carbocycles. The Bertz CT molecular complexity index is 704. The van der Waals surface area contributed by atoms with E-state index in [0.29, 0.717) is 6.42 Å². The lowest BCUT2D eigenvalue weighted by atomic mass is 10.1. The number of sulfonamides is 1. The molecule has 1 saturated heterocycles. The Balaban J connectivity index is 0.00000208. The van der Waals surface area contributed by atoms with E-state index in [0.717, 1.165) is 38.3 Å². The number of benzene rings is 1. The van der Waals surface area contributed by atoms with Gasteiger partial charge in [-0.15, -0.1) is 12.4 Å². The van der Waals surface area contributed by atoms with Crippen molar-refractivity contribution >= 4 is 34.0 Å². The number of amides is 1. The average Bonchev–Trinajstić information content (AvgIpc) is 3.13. The van der Waals surface area contributed by atoms with Crippen LogP contribution >= 0.6 is 12.4 Å². The van der Waals surface area contributed by atoms with Crippen LogP contribution < -0.4 is 15.4 Å². The minimum Gasteiger partial charge on any atom is -0.326 e. The predicted octanol–water partition coefficient (Wildman–Crippen LogP) is 1.77. The molecule has 1 saturated carbocycles. The largest absolute Gasteiger partial charge is 0.326 e. The Hall–Kier alpha value is -1.22. The van der Waals surface area contributed by atoms with Crippen LogP contribution in [0.15, 0.2) is 23.1 Å². The van der Waals surface area contributed by atoms with Gasteiger partial charge in [0.05, 0.1) is 0 Å². The molecule has 0 radical (unpaired) electrons. The zero-order chi connectivity index (χ0) is 16.4. The first-order chi connectivity index (χ1) is 10.9. The fourth-order valence-electron chi connectivity index (χ4n) is 2.64. The van der Waals surface area contributed by atoms with E-state index in [2.05, 4.69) is 15.4 Å². The molecule has 1 atom stereocenters. The smallest absolute Gasteiger partial charge is 0.243 e. The van der Waals surface area contributed by atoms with E-state index >= 15 is 0 Å². The summed E-state index contributed by atoms with van der Waals surface area (Å²) < 4.78 is 40.6. The van der Waals surface area contributed by atoms with Gasteiger partial charge in [0.25, 0.3) is 0 Å². The Morgan fingerprint density at radius 1 is 1.29 bits per heavy atom. The van der Waals surface area contributed by atoms with Crippen LogP contribution in [0.5, 0.6) is 0 Å². The SMILES string of the molecule is Cl.O=C(CC1CCCN1)Nc1ccc(F)c(S(=O)(=O)NC2CC2)c1. The first kappa shape index (κ1) is 19.1. The van der Waals surface area contributed by atoms with Gasteiger partial charge in [-0.2, -0.15) is 0 Å². The second-order valence-electron chi connectivity index (χ2n) is 6.09. The highest BCUT2D eigenvalue weighted by molar-refractivity contribution is 7.89. The second kappa shape index (κ2) is 7.77. The molecule has 1 aliphatic carbocycles. The van der Waals surface area contributed by atoms with Crippen molar-refractivity contribution in [1.29, 1.82) is 0 Å². The summed E-state index contributed by atoms with van der Waals surface area (Å²) in [4.78, 5) is 11.6. The van der Waals surface area contributed by atoms with Gasteiger partial charge >= 0.3 is 0 Å². The number of carbonyl (C=O) groups is 1. The third-order valence-corrected chi connectivity index (χ3v) is 5.53. The van der Waals surface area contributed by atoms with Gasteiger partial charge in [-0.1, -0.05) is 0 Å². The predicted molar refractivity (Wildman–Crippen MR) is 91.3 cm³/mol. The number of anilines is 1. The first-order valence-corrected chi connectivity index (χ1v) is 9.27. The van der Waals surface area contributed by atoms with E-state index in [1.807, 2.05) is 0 Å². The summed E-state index contributed by atoms with van der Waals surface area (Å²) in [5.41, 5.74) is 0.283. The van der Waals surface area contributed by atoms with E-state index in [4.69, 9.17) is 0 Å². The monoisotopic (exact) mass is 377 g/mol. The molecular weight excluding hydrogens is 357 g/mol. The third-order valence-electron chi connectivity index (χ3n) is 4.00. The zero-order valence-electron chi connectivity index (χ0n) is 13.0. The molecule has 9 heteroatoms. The van der Waals surface area contributed by atoms with Crippen LogP contribution in [0.4, 0.5) is 10.1 Å². The lowest BCUT2D eigenvalue weighted by molar-refractivity contribution is -0.116. The Labute approximate surface area is 147 Å². The molecule has 1 unspecified atom stereocenters. The Kier molecular flexibility index (Phi) is 6.19. The van der Waals surface area contributed by atoms with Gasteiger partial charge in [0.15, 0.2) is 0 Å². The summed E-state index contributed by atoms with van der Waals surface area (Å²) in [5.74, 6) is -1.04. The fourth-order valence-corrected chi connectivity index (χ4v) is 4.05. The maximum absolute atomic E-state index is 13.9. The summed E-state index contributed by atoms with van der Waals surface area (Å²) in [6.45, 7) is 0.906. The minimum atomic E-state index is -3.90. The highest BCUT2D eigenvalue weighted by atomic mass is 35.5. The minimum absolute atomic E-state index is 0. The quantitative estimate of drug-likeness (QED) is 0.705. The number of carbonyl (C=O) groups excluding carboxylic acids is 1. The highest BCUT2D eigenvalue weighted by Gasteiger charge is 2.30. The van der Waals surface area contributed by atoms with Gasteiger partial charge in [0.2, 0.25) is 15.9 Å². The van der Waals surface area contributed by atoms with Crippen molar-refractivity contribution in [2.24, 2.45) is 0 Å². The summed E-state index contributed by atoms with van der Waals surface area (Å²) >= 11 is 0. The van der Waals surface area contributed by atoms with Gasteiger partial charge in [0, 0.05) is 24.2 Å². The van der Waals surface area contributed by atoms with Crippen molar-refractivity contribution < 1.29 is 17.6 Å². The molecule has 0 aromatic heterocycles. The van der Waals surface area contributed by atoms with Crippen LogP contribution in [0.2, 0.25) is 0 Å². The second-order valence-corrected chi connectivity index (χ2v) is 7.77. The van der Waals surface area contributed by atoms with Crippen molar-refractivity contribution in [2.45, 2.75) is 49.1 Å². The van der Waals surface area contributed by atoms with Crippen molar-refractivity contribution in [3.63, 3.8) is 0 Å². The molecular formula is C15H21ClFN3O3S. The van der Waals surface area contributed by atoms with Crippen LogP contribution in [-0.4, -0.2) is 33.0 Å². The van der Waals surface area contributed by atoms with E-state index in [-0.39, 0.29) is 36.1 Å². The molecule has 1 aromatic rings.